The second kappa shape index (κ2) is 15.4. The first-order valence-electron chi connectivity index (χ1n) is 13.6. The molecule has 0 radical (unpaired) electrons. The number of fused-ring (bicyclic) bond motifs is 1. The molecule has 1 aliphatic heterocycles. The van der Waals surface area contributed by atoms with E-state index < -0.39 is 0 Å². The third-order valence-corrected chi connectivity index (χ3v) is 7.05. The van der Waals surface area contributed by atoms with Gasteiger partial charge in [0.05, 0.1) is 0 Å². The molecule has 1 aromatic rings. The van der Waals surface area contributed by atoms with Crippen LogP contribution in [0, 0.1) is 13.8 Å². The first-order chi connectivity index (χ1) is 15.2. The van der Waals surface area contributed by atoms with Gasteiger partial charge in [-0.2, -0.15) is 4.57 Å². The average Bonchev–Trinajstić information content (AvgIpc) is 3.26. The molecule has 31 heavy (non-hydrogen) atoms. The Morgan fingerprint density at radius 3 is 1.77 bits per heavy atom. The SMILES string of the molecule is CCCCCCCCC=Cc1c(C)c(/C=C\CCCCCCCC)c2[n+](c1C)CCC2. The van der Waals surface area contributed by atoms with Crippen LogP contribution in [0.1, 0.15) is 138 Å². The summed E-state index contributed by atoms with van der Waals surface area (Å²) in [6.07, 6.45) is 31.3. The van der Waals surface area contributed by atoms with Crippen LogP contribution in [0.25, 0.3) is 12.2 Å². The lowest BCUT2D eigenvalue weighted by Crippen LogP contribution is -2.38. The zero-order chi connectivity index (χ0) is 22.3. The summed E-state index contributed by atoms with van der Waals surface area (Å²) >= 11 is 0. The van der Waals surface area contributed by atoms with Crippen molar-refractivity contribution in [2.75, 3.05) is 0 Å². The maximum absolute atomic E-state index is 2.60. The van der Waals surface area contributed by atoms with Crippen LogP contribution in [0.2, 0.25) is 0 Å². The molecule has 1 nitrogen and oxygen atoms in total. The standard InChI is InChI=1S/C30H50N/c1-5-7-9-11-13-15-17-19-22-28-26(3)29(30-24-21-25-31(30)27(28)4)23-20-18-16-14-12-10-8-6-2/h19-20,22-23H,5-18,21,24-25H2,1-4H3/q+1/b22-19?,23-20-. The Balaban J connectivity index is 1.96. The monoisotopic (exact) mass is 424 g/mol. The van der Waals surface area contributed by atoms with Gasteiger partial charge in [0, 0.05) is 30.9 Å². The average molecular weight is 425 g/mol. The summed E-state index contributed by atoms with van der Waals surface area (Å²) in [4.78, 5) is 0. The number of rotatable bonds is 16. The predicted octanol–water partition coefficient (Wildman–Crippen LogP) is 9.06. The number of pyridine rings is 1. The Labute approximate surface area is 194 Å². The largest absolute Gasteiger partial charge is 0.199 e. The highest BCUT2D eigenvalue weighted by Crippen LogP contribution is 2.26. The quantitative estimate of drug-likeness (QED) is 0.184. The zero-order valence-electron chi connectivity index (χ0n) is 21.3. The minimum Gasteiger partial charge on any atom is -0.199 e. The van der Waals surface area contributed by atoms with Crippen molar-refractivity contribution in [1.29, 1.82) is 0 Å². The smallest absolute Gasteiger partial charge is 0.189 e. The fourth-order valence-electron chi connectivity index (χ4n) is 5.06. The Morgan fingerprint density at radius 1 is 0.677 bits per heavy atom. The van der Waals surface area contributed by atoms with Crippen molar-refractivity contribution in [3.8, 4) is 0 Å². The first kappa shape index (κ1) is 25.9. The van der Waals surface area contributed by atoms with Gasteiger partial charge in [-0.15, -0.1) is 0 Å². The fraction of sp³-hybridized carbons (Fsp3) is 0.700. The van der Waals surface area contributed by atoms with Gasteiger partial charge in [-0.25, -0.2) is 0 Å². The molecule has 1 heteroatoms. The lowest BCUT2D eigenvalue weighted by Gasteiger charge is -2.11. The van der Waals surface area contributed by atoms with Crippen molar-refractivity contribution < 1.29 is 4.57 Å². The zero-order valence-corrected chi connectivity index (χ0v) is 21.3. The van der Waals surface area contributed by atoms with Gasteiger partial charge in [0.2, 0.25) is 0 Å². The molecule has 0 aromatic carbocycles. The molecule has 0 fully saturated rings. The number of aromatic nitrogens is 1. The molecule has 0 bridgehead atoms. The lowest BCUT2D eigenvalue weighted by molar-refractivity contribution is -0.696. The van der Waals surface area contributed by atoms with Gasteiger partial charge in [0.1, 0.15) is 6.54 Å². The van der Waals surface area contributed by atoms with E-state index in [1.165, 1.54) is 132 Å². The maximum Gasteiger partial charge on any atom is 0.189 e. The van der Waals surface area contributed by atoms with Crippen LogP contribution >= 0.6 is 0 Å². The van der Waals surface area contributed by atoms with Crippen molar-refractivity contribution in [2.24, 2.45) is 0 Å². The van der Waals surface area contributed by atoms with Crippen molar-refractivity contribution >= 4 is 12.2 Å². The third-order valence-electron chi connectivity index (χ3n) is 7.05. The molecular weight excluding hydrogens is 374 g/mol. The van der Waals surface area contributed by atoms with Crippen LogP contribution in [-0.4, -0.2) is 0 Å². The Kier molecular flexibility index (Phi) is 12.9. The molecule has 0 N–H and O–H groups in total. The molecule has 0 saturated heterocycles. The molecule has 0 unspecified atom stereocenters. The molecule has 174 valence electrons. The second-order valence-electron chi connectivity index (χ2n) is 9.66. The Bertz CT molecular complexity index is 695. The molecule has 0 spiro atoms. The molecule has 2 rings (SSSR count). The first-order valence-corrected chi connectivity index (χ1v) is 13.6. The highest BCUT2D eigenvalue weighted by molar-refractivity contribution is 5.64. The molecule has 2 heterocycles. The van der Waals surface area contributed by atoms with E-state index in [1.807, 2.05) is 0 Å². The number of unbranched alkanes of at least 4 members (excludes halogenated alkanes) is 12. The summed E-state index contributed by atoms with van der Waals surface area (Å²) in [5.74, 6) is 0. The Morgan fingerprint density at radius 2 is 1.19 bits per heavy atom. The second-order valence-corrected chi connectivity index (χ2v) is 9.66. The number of hydrogen-bond donors (Lipinski definition) is 0. The van der Waals surface area contributed by atoms with Crippen molar-refractivity contribution in [1.82, 2.24) is 0 Å². The van der Waals surface area contributed by atoms with E-state index in [0.717, 1.165) is 0 Å². The topological polar surface area (TPSA) is 3.88 Å². The minimum absolute atomic E-state index is 1.19. The number of allylic oxidation sites excluding steroid dienone is 2. The highest BCUT2D eigenvalue weighted by Gasteiger charge is 2.28. The van der Waals surface area contributed by atoms with Gasteiger partial charge in [-0.1, -0.05) is 102 Å². The van der Waals surface area contributed by atoms with Crippen LogP contribution in [0.4, 0.5) is 0 Å². The van der Waals surface area contributed by atoms with E-state index in [-0.39, 0.29) is 0 Å². The van der Waals surface area contributed by atoms with E-state index in [4.69, 9.17) is 0 Å². The fourth-order valence-corrected chi connectivity index (χ4v) is 5.06. The Hall–Kier alpha value is -1.37. The molecule has 0 atom stereocenters. The molecule has 0 amide bonds. The van der Waals surface area contributed by atoms with E-state index >= 15 is 0 Å². The molecule has 0 aliphatic carbocycles. The van der Waals surface area contributed by atoms with E-state index in [0.29, 0.717) is 0 Å². The molecule has 1 aliphatic rings. The van der Waals surface area contributed by atoms with Crippen LogP contribution in [0.3, 0.4) is 0 Å². The van der Waals surface area contributed by atoms with Crippen molar-refractivity contribution in [3.63, 3.8) is 0 Å². The summed E-state index contributed by atoms with van der Waals surface area (Å²) in [6.45, 7) is 10.5. The van der Waals surface area contributed by atoms with Gasteiger partial charge < -0.3 is 0 Å². The summed E-state index contributed by atoms with van der Waals surface area (Å²) in [5.41, 5.74) is 7.51. The number of nitrogens with zero attached hydrogens (tertiary/aromatic N) is 1. The molecule has 0 saturated carbocycles. The predicted molar refractivity (Wildman–Crippen MR) is 138 cm³/mol. The normalized spacial score (nSPS) is 13.7. The van der Waals surface area contributed by atoms with Crippen LogP contribution in [0.15, 0.2) is 12.2 Å². The van der Waals surface area contributed by atoms with Crippen molar-refractivity contribution in [3.05, 3.63) is 40.2 Å². The minimum atomic E-state index is 1.19. The highest BCUT2D eigenvalue weighted by atomic mass is 15.0. The van der Waals surface area contributed by atoms with Gasteiger partial charge in [-0.3, -0.25) is 0 Å². The molecular formula is C30H50N+. The van der Waals surface area contributed by atoms with Crippen molar-refractivity contribution in [2.45, 2.75) is 137 Å². The summed E-state index contributed by atoms with van der Waals surface area (Å²) in [7, 11) is 0. The summed E-state index contributed by atoms with van der Waals surface area (Å²) < 4.78 is 2.60. The maximum atomic E-state index is 2.60. The van der Waals surface area contributed by atoms with Gasteiger partial charge >= 0.3 is 0 Å². The summed E-state index contributed by atoms with van der Waals surface area (Å²) in [5, 5.41) is 0. The lowest BCUT2D eigenvalue weighted by atomic mass is 9.97. The van der Waals surface area contributed by atoms with Gasteiger partial charge in [-0.05, 0) is 38.2 Å². The van der Waals surface area contributed by atoms with E-state index in [9.17, 15) is 0 Å². The van der Waals surface area contributed by atoms with Crippen LogP contribution < -0.4 is 4.57 Å². The molecule has 1 aromatic heterocycles. The van der Waals surface area contributed by atoms with E-state index in [1.54, 1.807) is 5.69 Å². The van der Waals surface area contributed by atoms with Crippen LogP contribution in [-0.2, 0) is 13.0 Å². The van der Waals surface area contributed by atoms with Gasteiger partial charge in [0.25, 0.3) is 0 Å². The third kappa shape index (κ3) is 8.59. The van der Waals surface area contributed by atoms with Crippen LogP contribution in [0.5, 0.6) is 0 Å². The summed E-state index contributed by atoms with van der Waals surface area (Å²) in [6, 6.07) is 0. The number of hydrogen-bond acceptors (Lipinski definition) is 0. The van der Waals surface area contributed by atoms with Gasteiger partial charge in [0.15, 0.2) is 11.4 Å². The van der Waals surface area contributed by atoms with E-state index in [2.05, 4.69) is 56.6 Å².